The third-order valence-electron chi connectivity index (χ3n) is 3.94. The number of likely N-dealkylation sites (tertiary alicyclic amines) is 1. The van der Waals surface area contributed by atoms with Crippen LogP contribution in [0, 0.1) is 0 Å². The van der Waals surface area contributed by atoms with Gasteiger partial charge in [0.1, 0.15) is 11.9 Å². The molecule has 1 aliphatic heterocycles. The van der Waals surface area contributed by atoms with Crippen molar-refractivity contribution in [2.45, 2.75) is 12.5 Å². The van der Waals surface area contributed by atoms with Crippen LogP contribution in [0.3, 0.4) is 0 Å². The predicted molar refractivity (Wildman–Crippen MR) is 96.5 cm³/mol. The average Bonchev–Trinajstić information content (AvgIpc) is 3.23. The summed E-state index contributed by atoms with van der Waals surface area (Å²) in [6, 6.07) is 9.63. The first kappa shape index (κ1) is 15.5. The van der Waals surface area contributed by atoms with Crippen LogP contribution in [-0.2, 0) is 0 Å². The summed E-state index contributed by atoms with van der Waals surface area (Å²) in [5.41, 5.74) is 0.874. The highest BCUT2D eigenvalue weighted by Gasteiger charge is 2.30. The smallest absolute Gasteiger partial charge is 0.283 e. The number of benzene rings is 1. The molecule has 1 aliphatic rings. The molecule has 7 heteroatoms. The fourth-order valence-corrected chi connectivity index (χ4v) is 4.02. The average molecular weight is 404 g/mol. The standard InChI is InChI=1S/C17H14BrN3O2S/c18-12-9-19-7-5-14(12)23-11-6-8-21(10-11)17(22)16-20-13-3-1-2-4-15(13)24-16/h1-5,7,9,11H,6,8,10H2. The number of ether oxygens (including phenoxy) is 1. The molecule has 0 N–H and O–H groups in total. The number of fused-ring (bicyclic) bond motifs is 1. The Hall–Kier alpha value is -1.99. The third kappa shape index (κ3) is 3.01. The molecule has 2 aromatic heterocycles. The maximum atomic E-state index is 12.7. The normalized spacial score (nSPS) is 17.4. The topological polar surface area (TPSA) is 55.3 Å². The van der Waals surface area contributed by atoms with Crippen LogP contribution >= 0.6 is 27.3 Å². The SMILES string of the molecule is O=C(c1nc2ccccc2s1)N1CCC(Oc2ccncc2Br)C1. The van der Waals surface area contributed by atoms with E-state index in [1.165, 1.54) is 11.3 Å². The second kappa shape index (κ2) is 6.49. The predicted octanol–water partition coefficient (Wildman–Crippen LogP) is 3.75. The number of pyridine rings is 1. The maximum Gasteiger partial charge on any atom is 0.283 e. The van der Waals surface area contributed by atoms with E-state index in [1.807, 2.05) is 35.2 Å². The molecule has 4 rings (SSSR count). The van der Waals surface area contributed by atoms with Crippen molar-refractivity contribution in [3.05, 3.63) is 52.2 Å². The van der Waals surface area contributed by atoms with Gasteiger partial charge in [0.25, 0.3) is 5.91 Å². The summed E-state index contributed by atoms with van der Waals surface area (Å²) in [4.78, 5) is 23.0. The molecule has 0 spiro atoms. The van der Waals surface area contributed by atoms with E-state index in [1.54, 1.807) is 12.4 Å². The summed E-state index contributed by atoms with van der Waals surface area (Å²) in [5.74, 6) is 0.736. The molecule has 24 heavy (non-hydrogen) atoms. The van der Waals surface area contributed by atoms with Crippen LogP contribution in [0.2, 0.25) is 0 Å². The number of carbonyl (C=O) groups is 1. The zero-order valence-electron chi connectivity index (χ0n) is 12.7. The number of halogens is 1. The highest BCUT2D eigenvalue weighted by Crippen LogP contribution is 2.28. The molecule has 1 saturated heterocycles. The van der Waals surface area contributed by atoms with E-state index in [-0.39, 0.29) is 12.0 Å². The number of para-hydroxylation sites is 1. The molecule has 5 nitrogen and oxygen atoms in total. The summed E-state index contributed by atoms with van der Waals surface area (Å²) in [5, 5.41) is 0.543. The molecule has 1 atom stereocenters. The Morgan fingerprint density at radius 1 is 1.33 bits per heavy atom. The van der Waals surface area contributed by atoms with Crippen LogP contribution in [-0.4, -0.2) is 40.0 Å². The summed E-state index contributed by atoms with van der Waals surface area (Å²) in [7, 11) is 0. The van der Waals surface area contributed by atoms with Crippen molar-refractivity contribution in [3.63, 3.8) is 0 Å². The molecule has 0 radical (unpaired) electrons. The van der Waals surface area contributed by atoms with E-state index in [9.17, 15) is 4.79 Å². The van der Waals surface area contributed by atoms with Crippen LogP contribution in [0.5, 0.6) is 5.75 Å². The third-order valence-corrected chi connectivity index (χ3v) is 5.56. The van der Waals surface area contributed by atoms with Crippen molar-refractivity contribution in [2.75, 3.05) is 13.1 Å². The Kier molecular flexibility index (Phi) is 4.20. The van der Waals surface area contributed by atoms with Gasteiger partial charge in [0.2, 0.25) is 0 Å². The van der Waals surface area contributed by atoms with Crippen molar-refractivity contribution < 1.29 is 9.53 Å². The molecule has 0 aliphatic carbocycles. The van der Waals surface area contributed by atoms with E-state index in [0.29, 0.717) is 18.1 Å². The van der Waals surface area contributed by atoms with Gasteiger partial charge in [-0.05, 0) is 34.1 Å². The first-order valence-corrected chi connectivity index (χ1v) is 9.22. The quantitative estimate of drug-likeness (QED) is 0.667. The number of rotatable bonds is 3. The number of amides is 1. The largest absolute Gasteiger partial charge is 0.487 e. The van der Waals surface area contributed by atoms with Gasteiger partial charge in [-0.2, -0.15) is 0 Å². The van der Waals surface area contributed by atoms with Crippen LogP contribution in [0.25, 0.3) is 10.2 Å². The van der Waals surface area contributed by atoms with Gasteiger partial charge >= 0.3 is 0 Å². The van der Waals surface area contributed by atoms with E-state index < -0.39 is 0 Å². The molecule has 0 saturated carbocycles. The number of nitrogens with zero attached hydrogens (tertiary/aromatic N) is 3. The van der Waals surface area contributed by atoms with Crippen molar-refractivity contribution in [1.82, 2.24) is 14.9 Å². The lowest BCUT2D eigenvalue weighted by Gasteiger charge is -2.16. The first-order chi connectivity index (χ1) is 11.7. The molecule has 3 aromatic rings. The zero-order valence-corrected chi connectivity index (χ0v) is 15.1. The molecule has 1 unspecified atom stereocenters. The number of hydrogen-bond acceptors (Lipinski definition) is 5. The van der Waals surface area contributed by atoms with Gasteiger partial charge < -0.3 is 9.64 Å². The summed E-state index contributed by atoms with van der Waals surface area (Å²) in [6.45, 7) is 1.26. The Labute approximate surface area is 151 Å². The molecular weight excluding hydrogens is 390 g/mol. The minimum atomic E-state index is -0.0175. The van der Waals surface area contributed by atoms with Crippen LogP contribution in [0.1, 0.15) is 16.2 Å². The summed E-state index contributed by atoms with van der Waals surface area (Å²) >= 11 is 4.87. The van der Waals surface area contributed by atoms with E-state index in [0.717, 1.165) is 26.9 Å². The molecule has 1 amide bonds. The van der Waals surface area contributed by atoms with Crippen molar-refractivity contribution in [1.29, 1.82) is 0 Å². The number of hydrogen-bond donors (Lipinski definition) is 0. The Bertz CT molecular complexity index is 865. The highest BCUT2D eigenvalue weighted by atomic mass is 79.9. The van der Waals surface area contributed by atoms with Crippen LogP contribution in [0.4, 0.5) is 0 Å². The molecule has 0 bridgehead atoms. The van der Waals surface area contributed by atoms with Crippen molar-refractivity contribution in [2.24, 2.45) is 0 Å². The lowest BCUT2D eigenvalue weighted by atomic mass is 10.3. The van der Waals surface area contributed by atoms with E-state index in [4.69, 9.17) is 4.74 Å². The van der Waals surface area contributed by atoms with Gasteiger partial charge in [0.15, 0.2) is 5.01 Å². The van der Waals surface area contributed by atoms with Gasteiger partial charge in [-0.3, -0.25) is 9.78 Å². The number of aromatic nitrogens is 2. The first-order valence-electron chi connectivity index (χ1n) is 7.62. The Morgan fingerprint density at radius 3 is 3.04 bits per heavy atom. The lowest BCUT2D eigenvalue weighted by Crippen LogP contribution is -2.30. The van der Waals surface area contributed by atoms with Crippen LogP contribution in [0.15, 0.2) is 47.2 Å². The van der Waals surface area contributed by atoms with Gasteiger partial charge in [0, 0.05) is 25.4 Å². The van der Waals surface area contributed by atoms with E-state index >= 15 is 0 Å². The molecular formula is C17H14BrN3O2S. The van der Waals surface area contributed by atoms with Crippen LogP contribution < -0.4 is 4.74 Å². The zero-order chi connectivity index (χ0) is 16.5. The van der Waals surface area contributed by atoms with E-state index in [2.05, 4.69) is 25.9 Å². The second-order valence-electron chi connectivity index (χ2n) is 5.57. The van der Waals surface area contributed by atoms with Gasteiger partial charge in [-0.25, -0.2) is 4.98 Å². The fourth-order valence-electron chi connectivity index (χ4n) is 2.75. The number of carbonyl (C=O) groups excluding carboxylic acids is 1. The lowest BCUT2D eigenvalue weighted by molar-refractivity contribution is 0.0772. The summed E-state index contributed by atoms with van der Waals surface area (Å²) < 4.78 is 7.84. The molecule has 3 heterocycles. The summed E-state index contributed by atoms with van der Waals surface area (Å²) in [6.07, 6.45) is 4.20. The Morgan fingerprint density at radius 2 is 2.21 bits per heavy atom. The maximum absolute atomic E-state index is 12.7. The van der Waals surface area contributed by atoms with Crippen molar-refractivity contribution >= 4 is 43.4 Å². The second-order valence-corrected chi connectivity index (χ2v) is 7.46. The Balaban J connectivity index is 1.46. The van der Waals surface area contributed by atoms with Gasteiger partial charge in [0.05, 0.1) is 21.2 Å². The molecule has 122 valence electrons. The van der Waals surface area contributed by atoms with Gasteiger partial charge in [-0.15, -0.1) is 11.3 Å². The molecule has 1 aromatic carbocycles. The fraction of sp³-hybridized carbons (Fsp3) is 0.235. The minimum Gasteiger partial charge on any atom is -0.487 e. The number of thiazole rings is 1. The van der Waals surface area contributed by atoms with Crippen molar-refractivity contribution in [3.8, 4) is 5.75 Å². The highest BCUT2D eigenvalue weighted by molar-refractivity contribution is 9.10. The molecule has 1 fully saturated rings. The van der Waals surface area contributed by atoms with Gasteiger partial charge in [-0.1, -0.05) is 12.1 Å². The minimum absolute atomic E-state index is 0.0120. The monoisotopic (exact) mass is 403 g/mol.